The Morgan fingerprint density at radius 2 is 1.87 bits per heavy atom. The normalized spacial score (nSPS) is 31.9. The maximum Gasteiger partial charge on any atom is 0.234 e. The summed E-state index contributed by atoms with van der Waals surface area (Å²) >= 11 is 0. The molecule has 2 aliphatic heterocycles. The molecule has 0 bridgehead atoms. The van der Waals surface area contributed by atoms with E-state index in [1.54, 1.807) is 0 Å². The van der Waals surface area contributed by atoms with Crippen LogP contribution in [0.25, 0.3) is 0 Å². The summed E-state index contributed by atoms with van der Waals surface area (Å²) in [5, 5.41) is 14.7. The molecule has 5 rings (SSSR count). The van der Waals surface area contributed by atoms with Crippen molar-refractivity contribution in [2.45, 2.75) is 81.9 Å². The van der Waals surface area contributed by atoms with Gasteiger partial charge in [0.25, 0.3) is 0 Å². The fraction of sp³-hybridized carbons (Fsp3) is 0.708. The Kier molecular flexibility index (Phi) is 5.63. The highest BCUT2D eigenvalue weighted by Gasteiger charge is 2.49. The van der Waals surface area contributed by atoms with Crippen molar-refractivity contribution in [2.24, 2.45) is 5.92 Å². The molecule has 1 aromatic rings. The first-order valence-electron chi connectivity index (χ1n) is 11.8. The van der Waals surface area contributed by atoms with Crippen molar-refractivity contribution in [2.75, 3.05) is 19.9 Å². The highest BCUT2D eigenvalue weighted by Crippen LogP contribution is 2.50. The zero-order chi connectivity index (χ0) is 20.6. The zero-order valence-corrected chi connectivity index (χ0v) is 17.8. The molecule has 164 valence electrons. The number of hydrogen-bond donors (Lipinski definition) is 2. The van der Waals surface area contributed by atoms with E-state index in [1.807, 2.05) is 6.07 Å². The second-order valence-electron chi connectivity index (χ2n) is 9.64. The van der Waals surface area contributed by atoms with Crippen LogP contribution in [0, 0.1) is 5.92 Å². The van der Waals surface area contributed by atoms with Crippen molar-refractivity contribution in [3.63, 3.8) is 0 Å². The van der Waals surface area contributed by atoms with E-state index < -0.39 is 5.60 Å². The third-order valence-electron chi connectivity index (χ3n) is 7.73. The van der Waals surface area contributed by atoms with Crippen LogP contribution in [0.5, 0.6) is 11.5 Å². The van der Waals surface area contributed by atoms with Crippen LogP contribution in [0.3, 0.4) is 0 Å². The first-order valence-corrected chi connectivity index (χ1v) is 11.8. The smallest absolute Gasteiger partial charge is 0.234 e. The predicted molar refractivity (Wildman–Crippen MR) is 113 cm³/mol. The molecule has 1 amide bonds. The molecule has 6 heteroatoms. The van der Waals surface area contributed by atoms with E-state index in [2.05, 4.69) is 22.3 Å². The fourth-order valence-corrected chi connectivity index (χ4v) is 6.16. The second kappa shape index (κ2) is 8.39. The van der Waals surface area contributed by atoms with Gasteiger partial charge in [-0.25, -0.2) is 0 Å². The number of benzene rings is 1. The molecule has 1 saturated heterocycles. The summed E-state index contributed by atoms with van der Waals surface area (Å²) in [6.07, 6.45) is 10.7. The molecule has 3 atom stereocenters. The summed E-state index contributed by atoms with van der Waals surface area (Å²) < 4.78 is 11.1. The van der Waals surface area contributed by atoms with Gasteiger partial charge >= 0.3 is 0 Å². The van der Waals surface area contributed by atoms with Crippen LogP contribution in [0.1, 0.15) is 75.8 Å². The summed E-state index contributed by atoms with van der Waals surface area (Å²) in [5.41, 5.74) is 0.491. The third-order valence-corrected chi connectivity index (χ3v) is 7.73. The third kappa shape index (κ3) is 3.92. The predicted octanol–water partition coefficient (Wildman–Crippen LogP) is 3.53. The van der Waals surface area contributed by atoms with Gasteiger partial charge in [-0.05, 0) is 49.8 Å². The molecule has 0 unspecified atom stereocenters. The summed E-state index contributed by atoms with van der Waals surface area (Å²) in [7, 11) is 0. The van der Waals surface area contributed by atoms with Crippen molar-refractivity contribution in [1.82, 2.24) is 10.2 Å². The Balaban J connectivity index is 1.38. The number of ether oxygens (including phenoxy) is 2. The first kappa shape index (κ1) is 20.1. The molecule has 0 radical (unpaired) electrons. The van der Waals surface area contributed by atoms with Gasteiger partial charge in [0.15, 0.2) is 11.5 Å². The van der Waals surface area contributed by atoms with E-state index in [4.69, 9.17) is 9.47 Å². The van der Waals surface area contributed by atoms with Gasteiger partial charge in [0.2, 0.25) is 12.7 Å². The van der Waals surface area contributed by atoms with Crippen LogP contribution >= 0.6 is 0 Å². The zero-order valence-electron chi connectivity index (χ0n) is 17.8. The number of fused-ring (bicyclic) bond motifs is 2. The number of rotatable bonds is 4. The first-order chi connectivity index (χ1) is 14.6. The van der Waals surface area contributed by atoms with Gasteiger partial charge in [-0.1, -0.05) is 38.2 Å². The van der Waals surface area contributed by atoms with Crippen LogP contribution < -0.4 is 14.8 Å². The highest BCUT2D eigenvalue weighted by molar-refractivity contribution is 5.78. The minimum atomic E-state index is -0.629. The van der Waals surface area contributed by atoms with Crippen LogP contribution in [-0.2, 0) is 4.79 Å². The molecule has 2 saturated carbocycles. The molecule has 3 fully saturated rings. The van der Waals surface area contributed by atoms with Crippen molar-refractivity contribution in [3.05, 3.63) is 23.8 Å². The number of aliphatic hydroxyl groups is 1. The van der Waals surface area contributed by atoms with E-state index in [1.165, 1.54) is 19.3 Å². The molecular formula is C24H34N2O4. The van der Waals surface area contributed by atoms with Crippen molar-refractivity contribution >= 4 is 5.91 Å². The monoisotopic (exact) mass is 414 g/mol. The maximum absolute atomic E-state index is 12.9. The standard InChI is InChI=1S/C24H34N2O4/c27-22(25-18-6-2-1-3-7-18)15-26-13-12-24(28)11-5-4-8-19(24)23(26)17-9-10-20-21(14-17)30-16-29-20/h9-10,14,18-19,23,28H,1-8,11-13,15-16H2,(H,25,27)/t19-,23-,24-/m1/s1. The van der Waals surface area contributed by atoms with Crippen molar-refractivity contribution in [1.29, 1.82) is 0 Å². The fourth-order valence-electron chi connectivity index (χ4n) is 6.16. The number of carbonyl (C=O) groups is 1. The van der Waals surface area contributed by atoms with Crippen LogP contribution in [0.15, 0.2) is 18.2 Å². The number of amides is 1. The van der Waals surface area contributed by atoms with Gasteiger partial charge in [0.05, 0.1) is 12.1 Å². The quantitative estimate of drug-likeness (QED) is 0.789. The summed E-state index contributed by atoms with van der Waals surface area (Å²) in [4.78, 5) is 15.2. The lowest BCUT2D eigenvalue weighted by Gasteiger charge is -2.52. The molecule has 1 aromatic carbocycles. The Labute approximate surface area is 178 Å². The molecule has 2 aliphatic carbocycles. The molecule has 0 aromatic heterocycles. The maximum atomic E-state index is 12.9. The van der Waals surface area contributed by atoms with E-state index in [9.17, 15) is 9.90 Å². The number of carbonyl (C=O) groups excluding carboxylic acids is 1. The van der Waals surface area contributed by atoms with Crippen LogP contribution in [0.4, 0.5) is 0 Å². The number of nitrogens with one attached hydrogen (secondary N) is 1. The molecule has 4 aliphatic rings. The van der Waals surface area contributed by atoms with Gasteiger partial charge in [-0.3, -0.25) is 9.69 Å². The average molecular weight is 415 g/mol. The number of likely N-dealkylation sites (tertiary alicyclic amines) is 1. The largest absolute Gasteiger partial charge is 0.454 e. The lowest BCUT2D eigenvalue weighted by Crippen LogP contribution is -2.56. The van der Waals surface area contributed by atoms with E-state index >= 15 is 0 Å². The molecule has 2 N–H and O–H groups in total. The Hall–Kier alpha value is -1.79. The second-order valence-corrected chi connectivity index (χ2v) is 9.64. The lowest BCUT2D eigenvalue weighted by atomic mass is 9.66. The van der Waals surface area contributed by atoms with Crippen LogP contribution in [0.2, 0.25) is 0 Å². The lowest BCUT2D eigenvalue weighted by molar-refractivity contribution is -0.138. The van der Waals surface area contributed by atoms with Gasteiger partial charge < -0.3 is 19.9 Å². The highest BCUT2D eigenvalue weighted by atomic mass is 16.7. The average Bonchev–Trinajstić information content (AvgIpc) is 3.22. The molecule has 0 spiro atoms. The minimum Gasteiger partial charge on any atom is -0.454 e. The van der Waals surface area contributed by atoms with Crippen molar-refractivity contribution in [3.8, 4) is 11.5 Å². The van der Waals surface area contributed by atoms with E-state index in [0.29, 0.717) is 12.6 Å². The SMILES string of the molecule is O=C(CN1CC[C@]2(O)CCCC[C@@H]2[C@H]1c1ccc2c(c1)OCO2)NC1CCCCC1. The van der Waals surface area contributed by atoms with E-state index in [-0.39, 0.29) is 24.7 Å². The summed E-state index contributed by atoms with van der Waals surface area (Å²) in [5.74, 6) is 1.80. The molecule has 6 nitrogen and oxygen atoms in total. The molecular weight excluding hydrogens is 380 g/mol. The Morgan fingerprint density at radius 3 is 2.73 bits per heavy atom. The van der Waals surface area contributed by atoms with Gasteiger partial charge in [0, 0.05) is 24.5 Å². The van der Waals surface area contributed by atoms with Crippen molar-refractivity contribution < 1.29 is 19.4 Å². The number of piperidine rings is 1. The van der Waals surface area contributed by atoms with Crippen LogP contribution in [-0.4, -0.2) is 47.4 Å². The van der Waals surface area contributed by atoms with Gasteiger partial charge in [-0.2, -0.15) is 0 Å². The molecule has 30 heavy (non-hydrogen) atoms. The van der Waals surface area contributed by atoms with Gasteiger partial charge in [0.1, 0.15) is 0 Å². The molecule has 2 heterocycles. The van der Waals surface area contributed by atoms with Gasteiger partial charge in [-0.15, -0.1) is 0 Å². The minimum absolute atomic E-state index is 0.0238. The Bertz CT molecular complexity index is 778. The summed E-state index contributed by atoms with van der Waals surface area (Å²) in [6, 6.07) is 6.46. The Morgan fingerprint density at radius 1 is 1.07 bits per heavy atom. The number of nitrogens with zero attached hydrogens (tertiary/aromatic N) is 1. The number of hydrogen-bond acceptors (Lipinski definition) is 5. The van der Waals surface area contributed by atoms with E-state index in [0.717, 1.165) is 68.6 Å². The summed E-state index contributed by atoms with van der Waals surface area (Å²) in [6.45, 7) is 1.39. The topological polar surface area (TPSA) is 71.0 Å².